The molecule has 0 spiro atoms. The maximum atomic E-state index is 12.7. The lowest BCUT2D eigenvalue weighted by molar-refractivity contribution is -0.123. The topological polar surface area (TPSA) is 62.2 Å². The first-order valence-electron chi connectivity index (χ1n) is 9.79. The second-order valence-electron chi connectivity index (χ2n) is 7.64. The number of nitrogens with one attached hydrogen (secondary N) is 2. The average Bonchev–Trinajstić information content (AvgIpc) is 3.07. The molecule has 6 nitrogen and oxygen atoms in total. The van der Waals surface area contributed by atoms with Gasteiger partial charge in [0.1, 0.15) is 6.04 Å². The molecule has 1 aromatic heterocycles. The predicted molar refractivity (Wildman–Crippen MR) is 107 cm³/mol. The number of nitrogens with zero attached hydrogens (tertiary/aromatic N) is 3. The highest BCUT2D eigenvalue weighted by atomic mass is 16.2. The van der Waals surface area contributed by atoms with Gasteiger partial charge in [-0.05, 0) is 43.5 Å². The Hall–Kier alpha value is -2.18. The van der Waals surface area contributed by atoms with E-state index in [1.54, 1.807) is 17.9 Å². The zero-order chi connectivity index (χ0) is 19.2. The molecule has 0 bridgehead atoms. The number of likely N-dealkylation sites (N-methyl/N-ethyl adjacent to an activating group) is 1. The van der Waals surface area contributed by atoms with Crippen LogP contribution in [-0.2, 0) is 24.9 Å². The fourth-order valence-corrected chi connectivity index (χ4v) is 3.88. The lowest BCUT2D eigenvalue weighted by Crippen LogP contribution is -2.36. The van der Waals surface area contributed by atoms with E-state index in [1.807, 2.05) is 19.3 Å². The van der Waals surface area contributed by atoms with E-state index in [9.17, 15) is 4.79 Å². The molecule has 1 aliphatic rings. The summed E-state index contributed by atoms with van der Waals surface area (Å²) in [7, 11) is 3.65. The molecule has 1 aromatic carbocycles. The quantitative estimate of drug-likeness (QED) is 0.786. The van der Waals surface area contributed by atoms with Gasteiger partial charge < -0.3 is 10.6 Å². The maximum Gasteiger partial charge on any atom is 0.242 e. The molecule has 27 heavy (non-hydrogen) atoms. The lowest BCUT2D eigenvalue weighted by Gasteiger charge is -2.31. The van der Waals surface area contributed by atoms with Crippen molar-refractivity contribution in [2.45, 2.75) is 38.9 Å². The number of hydrogen-bond donors (Lipinski definition) is 2. The molecule has 2 heterocycles. The third-order valence-corrected chi connectivity index (χ3v) is 5.32. The molecule has 3 rings (SSSR count). The molecule has 1 saturated heterocycles. The van der Waals surface area contributed by atoms with E-state index in [-0.39, 0.29) is 5.91 Å². The first kappa shape index (κ1) is 19.6. The summed E-state index contributed by atoms with van der Waals surface area (Å²) < 4.78 is 1.71. The van der Waals surface area contributed by atoms with E-state index in [0.29, 0.717) is 6.54 Å². The Kier molecular flexibility index (Phi) is 6.63. The van der Waals surface area contributed by atoms with Gasteiger partial charge in [0.2, 0.25) is 5.91 Å². The molecule has 1 amide bonds. The van der Waals surface area contributed by atoms with Crippen LogP contribution >= 0.6 is 0 Å². The summed E-state index contributed by atoms with van der Waals surface area (Å²) in [6, 6.07) is 8.02. The van der Waals surface area contributed by atoms with Gasteiger partial charge in [-0.15, -0.1) is 0 Å². The van der Waals surface area contributed by atoms with Crippen molar-refractivity contribution in [2.24, 2.45) is 13.0 Å². The van der Waals surface area contributed by atoms with Gasteiger partial charge in [-0.3, -0.25) is 14.4 Å². The molecule has 1 fully saturated rings. The number of carbonyl (C=O) groups is 1. The van der Waals surface area contributed by atoms with E-state index in [0.717, 1.165) is 31.1 Å². The molecule has 0 aliphatic carbocycles. The molecule has 2 atom stereocenters. The molecule has 0 radical (unpaired) electrons. The van der Waals surface area contributed by atoms with Crippen LogP contribution < -0.4 is 10.6 Å². The van der Waals surface area contributed by atoms with Gasteiger partial charge in [0, 0.05) is 38.4 Å². The van der Waals surface area contributed by atoms with Gasteiger partial charge in [0.25, 0.3) is 0 Å². The standard InChI is InChI=1S/C21H31N5O/c1-16-7-6-10-26(13-16)15-18-9-5-4-8-17(18)11-23-21(27)20(22-2)19-12-24-25(3)14-19/h4-5,8-9,12,14,16,20,22H,6-7,10-11,13,15H2,1-3H3,(H,23,27). The first-order chi connectivity index (χ1) is 13.1. The number of carbonyl (C=O) groups excluding carboxylic acids is 1. The fourth-order valence-electron chi connectivity index (χ4n) is 3.88. The molecule has 2 N–H and O–H groups in total. The number of rotatable bonds is 7. The Balaban J connectivity index is 1.62. The zero-order valence-corrected chi connectivity index (χ0v) is 16.6. The van der Waals surface area contributed by atoms with Crippen molar-refractivity contribution in [1.29, 1.82) is 0 Å². The Labute approximate surface area is 161 Å². The average molecular weight is 370 g/mol. The van der Waals surface area contributed by atoms with Crippen molar-refractivity contribution < 1.29 is 4.79 Å². The number of aryl methyl sites for hydroxylation is 1. The number of piperidine rings is 1. The summed E-state index contributed by atoms with van der Waals surface area (Å²) in [5.74, 6) is 0.730. The SMILES string of the molecule is CNC(C(=O)NCc1ccccc1CN1CCCC(C)C1)c1cnn(C)c1. The van der Waals surface area contributed by atoms with Gasteiger partial charge in [-0.2, -0.15) is 5.10 Å². The Morgan fingerprint density at radius 3 is 2.78 bits per heavy atom. The molecule has 2 aromatic rings. The lowest BCUT2D eigenvalue weighted by atomic mass is 9.99. The first-order valence-corrected chi connectivity index (χ1v) is 9.79. The maximum absolute atomic E-state index is 12.7. The fraction of sp³-hybridized carbons (Fsp3) is 0.524. The van der Waals surface area contributed by atoms with Crippen LogP contribution in [0.15, 0.2) is 36.7 Å². The van der Waals surface area contributed by atoms with Crippen LogP contribution in [0.2, 0.25) is 0 Å². The second kappa shape index (κ2) is 9.15. The van der Waals surface area contributed by atoms with Crippen LogP contribution in [0.25, 0.3) is 0 Å². The molecule has 0 saturated carbocycles. The number of aromatic nitrogens is 2. The van der Waals surface area contributed by atoms with Crippen molar-refractivity contribution in [1.82, 2.24) is 25.3 Å². The largest absolute Gasteiger partial charge is 0.350 e. The normalized spacial score (nSPS) is 19.0. The minimum Gasteiger partial charge on any atom is -0.350 e. The van der Waals surface area contributed by atoms with E-state index in [1.165, 1.54) is 24.0 Å². The van der Waals surface area contributed by atoms with E-state index in [2.05, 4.69) is 45.8 Å². The van der Waals surface area contributed by atoms with E-state index >= 15 is 0 Å². The number of hydrogen-bond acceptors (Lipinski definition) is 4. The number of benzene rings is 1. The molecule has 2 unspecified atom stereocenters. The van der Waals surface area contributed by atoms with Crippen LogP contribution in [0.1, 0.15) is 42.5 Å². The Morgan fingerprint density at radius 1 is 1.33 bits per heavy atom. The number of amides is 1. The van der Waals surface area contributed by atoms with Crippen LogP contribution in [0.4, 0.5) is 0 Å². The summed E-state index contributed by atoms with van der Waals surface area (Å²) in [5.41, 5.74) is 3.35. The van der Waals surface area contributed by atoms with Gasteiger partial charge in [-0.25, -0.2) is 0 Å². The van der Waals surface area contributed by atoms with Gasteiger partial charge in [0.05, 0.1) is 6.20 Å². The summed E-state index contributed by atoms with van der Waals surface area (Å²) >= 11 is 0. The van der Waals surface area contributed by atoms with E-state index in [4.69, 9.17) is 0 Å². The summed E-state index contributed by atoms with van der Waals surface area (Å²) in [6.45, 7) is 6.14. The predicted octanol–water partition coefficient (Wildman–Crippen LogP) is 2.23. The minimum atomic E-state index is -0.395. The van der Waals surface area contributed by atoms with Gasteiger partial charge >= 0.3 is 0 Å². The molecule has 146 valence electrons. The highest BCUT2D eigenvalue weighted by molar-refractivity contribution is 5.83. The minimum absolute atomic E-state index is 0.0353. The van der Waals surface area contributed by atoms with Crippen LogP contribution in [0.3, 0.4) is 0 Å². The number of likely N-dealkylation sites (tertiary alicyclic amines) is 1. The van der Waals surface area contributed by atoms with Crippen molar-refractivity contribution in [2.75, 3.05) is 20.1 Å². The second-order valence-corrected chi connectivity index (χ2v) is 7.64. The zero-order valence-electron chi connectivity index (χ0n) is 16.6. The monoisotopic (exact) mass is 369 g/mol. The third-order valence-electron chi connectivity index (χ3n) is 5.32. The van der Waals surface area contributed by atoms with Crippen LogP contribution in [0, 0.1) is 5.92 Å². The van der Waals surface area contributed by atoms with Crippen molar-refractivity contribution in [3.8, 4) is 0 Å². The Morgan fingerprint density at radius 2 is 2.11 bits per heavy atom. The Bertz CT molecular complexity index is 757. The van der Waals surface area contributed by atoms with Crippen LogP contribution in [0.5, 0.6) is 0 Å². The smallest absolute Gasteiger partial charge is 0.242 e. The summed E-state index contributed by atoms with van der Waals surface area (Å²) in [6.07, 6.45) is 6.20. The molecular weight excluding hydrogens is 338 g/mol. The highest BCUT2D eigenvalue weighted by Gasteiger charge is 2.21. The molecule has 6 heteroatoms. The summed E-state index contributed by atoms with van der Waals surface area (Å²) in [4.78, 5) is 15.2. The summed E-state index contributed by atoms with van der Waals surface area (Å²) in [5, 5.41) is 10.3. The van der Waals surface area contributed by atoms with Crippen molar-refractivity contribution >= 4 is 5.91 Å². The molecular formula is C21H31N5O. The molecule has 1 aliphatic heterocycles. The third kappa shape index (κ3) is 5.17. The highest BCUT2D eigenvalue weighted by Crippen LogP contribution is 2.20. The van der Waals surface area contributed by atoms with Crippen LogP contribution in [-0.4, -0.2) is 40.7 Å². The van der Waals surface area contributed by atoms with Gasteiger partial charge in [-0.1, -0.05) is 31.2 Å². The van der Waals surface area contributed by atoms with Crippen molar-refractivity contribution in [3.63, 3.8) is 0 Å². The van der Waals surface area contributed by atoms with Crippen molar-refractivity contribution in [3.05, 3.63) is 53.3 Å². The van der Waals surface area contributed by atoms with E-state index < -0.39 is 6.04 Å². The van der Waals surface area contributed by atoms with Gasteiger partial charge in [0.15, 0.2) is 0 Å².